The van der Waals surface area contributed by atoms with E-state index in [-0.39, 0.29) is 17.1 Å². The molecule has 0 aliphatic heterocycles. The zero-order valence-corrected chi connectivity index (χ0v) is 19.1. The predicted molar refractivity (Wildman–Crippen MR) is 127 cm³/mol. The lowest BCUT2D eigenvalue weighted by atomic mass is 9.69. The first-order valence-corrected chi connectivity index (χ1v) is 10.6. The molecule has 1 unspecified atom stereocenters. The van der Waals surface area contributed by atoms with Crippen molar-refractivity contribution in [2.45, 2.75) is 54.4 Å². The van der Waals surface area contributed by atoms with Crippen molar-refractivity contribution in [3.05, 3.63) is 83.0 Å². The summed E-state index contributed by atoms with van der Waals surface area (Å²) in [6, 6.07) is 6.41. The topological polar surface area (TPSA) is 49.3 Å². The minimum absolute atomic E-state index is 0.173. The molecular weight excluding hydrogens is 370 g/mol. The smallest absolute Gasteiger partial charge is 0.248 e. The van der Waals surface area contributed by atoms with Gasteiger partial charge >= 0.3 is 0 Å². The largest absolute Gasteiger partial charge is 0.508 e. The van der Waals surface area contributed by atoms with Crippen molar-refractivity contribution in [2.24, 2.45) is 11.3 Å². The third-order valence-electron chi connectivity index (χ3n) is 5.82. The first kappa shape index (κ1) is 23.5. The molecule has 0 radical (unpaired) electrons. The molecule has 1 aromatic rings. The molecule has 1 aliphatic rings. The lowest BCUT2D eigenvalue weighted by Crippen LogP contribution is -2.23. The zero-order valence-electron chi connectivity index (χ0n) is 19.1. The number of carbonyl (C=O) groups is 1. The summed E-state index contributed by atoms with van der Waals surface area (Å²) in [6.07, 6.45) is 14.4. The highest BCUT2D eigenvalue weighted by Gasteiger charge is 2.29. The van der Waals surface area contributed by atoms with E-state index in [4.69, 9.17) is 0 Å². The summed E-state index contributed by atoms with van der Waals surface area (Å²) in [5.74, 6) is 0.633. The van der Waals surface area contributed by atoms with E-state index in [1.54, 1.807) is 30.3 Å². The molecular formula is C27H35NO2. The van der Waals surface area contributed by atoms with Crippen LogP contribution in [0.4, 0.5) is 5.69 Å². The van der Waals surface area contributed by atoms with Gasteiger partial charge in [-0.25, -0.2) is 0 Å². The fourth-order valence-electron chi connectivity index (χ4n) is 3.68. The average molecular weight is 406 g/mol. The Labute approximate surface area is 181 Å². The van der Waals surface area contributed by atoms with Crippen molar-refractivity contribution in [1.29, 1.82) is 0 Å². The second kappa shape index (κ2) is 10.3. The number of anilines is 1. The van der Waals surface area contributed by atoms with E-state index in [0.717, 1.165) is 5.57 Å². The molecule has 1 aliphatic carbocycles. The Balaban J connectivity index is 1.99. The minimum Gasteiger partial charge on any atom is -0.508 e. The van der Waals surface area contributed by atoms with Gasteiger partial charge in [-0.3, -0.25) is 4.79 Å². The highest BCUT2D eigenvalue weighted by molar-refractivity contribution is 5.99. The van der Waals surface area contributed by atoms with Crippen LogP contribution >= 0.6 is 0 Å². The summed E-state index contributed by atoms with van der Waals surface area (Å²) in [5.41, 5.74) is 5.87. The van der Waals surface area contributed by atoms with Gasteiger partial charge in [-0.2, -0.15) is 0 Å². The van der Waals surface area contributed by atoms with Gasteiger partial charge in [0.25, 0.3) is 0 Å². The van der Waals surface area contributed by atoms with E-state index in [1.165, 1.54) is 29.6 Å². The van der Waals surface area contributed by atoms with Crippen LogP contribution in [-0.4, -0.2) is 11.0 Å². The van der Waals surface area contributed by atoms with Crippen LogP contribution in [0.1, 0.15) is 54.4 Å². The summed E-state index contributed by atoms with van der Waals surface area (Å²) in [7, 11) is 0. The molecule has 0 bridgehead atoms. The fourth-order valence-corrected chi connectivity index (χ4v) is 3.68. The van der Waals surface area contributed by atoms with Crippen LogP contribution in [-0.2, 0) is 4.79 Å². The number of hydrogen-bond acceptors (Lipinski definition) is 2. The third-order valence-corrected chi connectivity index (χ3v) is 5.82. The second-order valence-electron chi connectivity index (χ2n) is 8.95. The molecule has 3 heteroatoms. The van der Waals surface area contributed by atoms with Crippen molar-refractivity contribution >= 4 is 11.6 Å². The number of allylic oxidation sites excluding steroid dienone is 9. The van der Waals surface area contributed by atoms with E-state index in [2.05, 4.69) is 58.2 Å². The van der Waals surface area contributed by atoms with E-state index in [9.17, 15) is 9.90 Å². The lowest BCUT2D eigenvalue weighted by molar-refractivity contribution is -0.111. The van der Waals surface area contributed by atoms with Gasteiger partial charge in [0.05, 0.1) is 0 Å². The molecule has 0 spiro atoms. The number of aromatic hydroxyl groups is 1. The van der Waals surface area contributed by atoms with Crippen molar-refractivity contribution in [3.63, 3.8) is 0 Å². The lowest BCUT2D eigenvalue weighted by Gasteiger charge is -2.36. The maximum Gasteiger partial charge on any atom is 0.248 e. The summed E-state index contributed by atoms with van der Waals surface area (Å²) in [6.45, 7) is 13.2. The summed E-state index contributed by atoms with van der Waals surface area (Å²) < 4.78 is 0. The molecule has 1 atom stereocenters. The normalized spacial score (nSPS) is 20.3. The van der Waals surface area contributed by atoms with Crippen LogP contribution in [0.3, 0.4) is 0 Å². The maximum absolute atomic E-state index is 12.1. The van der Waals surface area contributed by atoms with Crippen LogP contribution in [0.2, 0.25) is 0 Å². The van der Waals surface area contributed by atoms with Crippen LogP contribution in [0.25, 0.3) is 0 Å². The number of nitrogens with one attached hydrogen (secondary N) is 1. The van der Waals surface area contributed by atoms with E-state index in [0.29, 0.717) is 11.6 Å². The third kappa shape index (κ3) is 6.91. The number of carbonyl (C=O) groups excluding carboxylic acids is 1. The quantitative estimate of drug-likeness (QED) is 0.301. The van der Waals surface area contributed by atoms with Crippen molar-refractivity contribution < 1.29 is 9.90 Å². The minimum atomic E-state index is -0.195. The molecule has 0 aromatic heterocycles. The molecule has 1 amide bonds. The van der Waals surface area contributed by atoms with Gasteiger partial charge < -0.3 is 10.4 Å². The number of hydrogen-bond donors (Lipinski definition) is 2. The van der Waals surface area contributed by atoms with Gasteiger partial charge in [0.15, 0.2) is 0 Å². The molecule has 0 saturated heterocycles. The van der Waals surface area contributed by atoms with Gasteiger partial charge in [0.1, 0.15) is 5.75 Å². The molecule has 1 aromatic carbocycles. The Morgan fingerprint density at radius 3 is 2.47 bits per heavy atom. The summed E-state index contributed by atoms with van der Waals surface area (Å²) >= 11 is 0. The molecule has 30 heavy (non-hydrogen) atoms. The maximum atomic E-state index is 12.1. The molecule has 2 N–H and O–H groups in total. The number of phenols is 1. The van der Waals surface area contributed by atoms with E-state index in [1.807, 2.05) is 19.1 Å². The highest BCUT2D eigenvalue weighted by Crippen LogP contribution is 2.43. The van der Waals surface area contributed by atoms with Gasteiger partial charge in [-0.05, 0) is 80.4 Å². The molecule has 160 valence electrons. The van der Waals surface area contributed by atoms with Crippen molar-refractivity contribution in [2.75, 3.05) is 5.32 Å². The molecule has 3 nitrogen and oxygen atoms in total. The Bertz CT molecular complexity index is 909. The first-order valence-electron chi connectivity index (χ1n) is 10.6. The molecule has 0 saturated carbocycles. The zero-order chi connectivity index (χ0) is 22.3. The van der Waals surface area contributed by atoms with E-state index >= 15 is 0 Å². The van der Waals surface area contributed by atoms with Gasteiger partial charge in [-0.1, -0.05) is 62.3 Å². The first-order chi connectivity index (χ1) is 14.1. The Hall–Kier alpha value is -2.81. The highest BCUT2D eigenvalue weighted by atomic mass is 16.3. The fraction of sp³-hybridized carbons (Fsp3) is 0.370. The Morgan fingerprint density at radius 1 is 1.13 bits per heavy atom. The molecule has 0 heterocycles. The second-order valence-corrected chi connectivity index (χ2v) is 8.95. The summed E-state index contributed by atoms with van der Waals surface area (Å²) in [4.78, 5) is 12.1. The van der Waals surface area contributed by atoms with Crippen LogP contribution < -0.4 is 5.32 Å². The van der Waals surface area contributed by atoms with Crippen molar-refractivity contribution in [1.82, 2.24) is 0 Å². The van der Waals surface area contributed by atoms with Crippen molar-refractivity contribution in [3.8, 4) is 5.75 Å². The Kier molecular flexibility index (Phi) is 8.05. The van der Waals surface area contributed by atoms with Gasteiger partial charge in [0.2, 0.25) is 5.91 Å². The SMILES string of the molecule is CC1=C(/C=C/C(C)=C/C=C/C(C)=C\C(=O)Nc2ccc(O)cc2)C(C)(C)CCC1C. The van der Waals surface area contributed by atoms with Crippen LogP contribution in [0.15, 0.2) is 83.0 Å². The number of rotatable bonds is 6. The number of phenolic OH excluding ortho intramolecular Hbond substituents is 1. The predicted octanol–water partition coefficient (Wildman–Crippen LogP) is 7.11. The van der Waals surface area contributed by atoms with E-state index < -0.39 is 0 Å². The average Bonchev–Trinajstić information content (AvgIpc) is 2.66. The number of amides is 1. The number of benzene rings is 1. The Morgan fingerprint density at radius 2 is 1.80 bits per heavy atom. The van der Waals surface area contributed by atoms with Gasteiger partial charge in [-0.15, -0.1) is 0 Å². The molecule has 2 rings (SSSR count). The standard InChI is InChI=1S/C27H35NO2/c1-19(10-15-25-22(4)21(3)16-17-27(25,5)6)8-7-9-20(2)18-26(30)28-23-11-13-24(29)14-12-23/h7-15,18,21,29H,16-17H2,1-6H3,(H,28,30)/b9-7+,15-10+,19-8+,20-18-. The van der Waals surface area contributed by atoms with Gasteiger partial charge in [0, 0.05) is 11.8 Å². The van der Waals surface area contributed by atoms with Crippen LogP contribution in [0, 0.1) is 11.3 Å². The molecule has 0 fully saturated rings. The monoisotopic (exact) mass is 405 g/mol. The van der Waals surface area contributed by atoms with Crippen LogP contribution in [0.5, 0.6) is 5.75 Å². The summed E-state index contributed by atoms with van der Waals surface area (Å²) in [5, 5.41) is 12.1.